The largest absolute Gasteiger partial charge is 0.453 e. The highest BCUT2D eigenvalue weighted by Gasteiger charge is 2.39. The van der Waals surface area contributed by atoms with Crippen molar-refractivity contribution in [2.75, 3.05) is 13.7 Å². The van der Waals surface area contributed by atoms with Crippen molar-refractivity contribution in [3.63, 3.8) is 0 Å². The predicted molar refractivity (Wildman–Crippen MR) is 131 cm³/mol. The van der Waals surface area contributed by atoms with Gasteiger partial charge in [0, 0.05) is 12.1 Å². The first-order valence-electron chi connectivity index (χ1n) is 11.9. The zero-order chi connectivity index (χ0) is 30.5. The van der Waals surface area contributed by atoms with E-state index in [1.807, 2.05) is 0 Å². The number of aromatic nitrogens is 3. The predicted octanol–water partition coefficient (Wildman–Crippen LogP) is 3.18. The highest BCUT2D eigenvalue weighted by Crippen LogP contribution is 2.31. The summed E-state index contributed by atoms with van der Waals surface area (Å²) in [5.74, 6) is -1.22. The van der Waals surface area contributed by atoms with Crippen LogP contribution in [-0.4, -0.2) is 57.4 Å². The molecule has 10 nitrogen and oxygen atoms in total. The van der Waals surface area contributed by atoms with Crippen molar-refractivity contribution in [3.05, 3.63) is 75.7 Å². The Balaban J connectivity index is 1.93. The number of aliphatic hydroxyl groups is 1. The lowest BCUT2D eigenvalue weighted by atomic mass is 10.0. The number of nitrogens with one attached hydrogen (secondary N) is 2. The molecule has 0 bridgehead atoms. The van der Waals surface area contributed by atoms with Gasteiger partial charge in [0.1, 0.15) is 6.54 Å². The van der Waals surface area contributed by atoms with Gasteiger partial charge in [0.15, 0.2) is 11.9 Å². The second-order valence-corrected chi connectivity index (χ2v) is 8.91. The molecule has 2 amide bonds. The number of alkyl carbamates (subject to hydrolysis) is 1. The topological polar surface area (TPSA) is 127 Å². The molecule has 3 aromatic rings. The molecule has 0 aliphatic heterocycles. The van der Waals surface area contributed by atoms with E-state index in [0.29, 0.717) is 9.25 Å². The van der Waals surface area contributed by atoms with Crippen LogP contribution in [0.25, 0.3) is 11.4 Å². The Labute approximate surface area is 228 Å². The van der Waals surface area contributed by atoms with E-state index in [1.54, 1.807) is 19.1 Å². The number of halogens is 6. The molecule has 1 unspecified atom stereocenters. The summed E-state index contributed by atoms with van der Waals surface area (Å²) < 4.78 is 84.5. The number of hydrogen-bond donors (Lipinski definition) is 3. The average molecular weight is 589 g/mol. The van der Waals surface area contributed by atoms with Crippen LogP contribution in [0.1, 0.15) is 22.7 Å². The summed E-state index contributed by atoms with van der Waals surface area (Å²) in [6.07, 6.45) is -13.6. The molecule has 0 saturated carbocycles. The minimum atomic E-state index is -5.05. The second-order valence-electron chi connectivity index (χ2n) is 8.91. The molecular weight excluding hydrogens is 564 g/mol. The first-order valence-corrected chi connectivity index (χ1v) is 11.9. The van der Waals surface area contributed by atoms with Gasteiger partial charge in [-0.3, -0.25) is 9.36 Å². The number of rotatable bonds is 9. The molecule has 3 N–H and O–H groups in total. The van der Waals surface area contributed by atoms with E-state index in [4.69, 9.17) is 0 Å². The van der Waals surface area contributed by atoms with Crippen LogP contribution < -0.4 is 16.3 Å². The number of ether oxygens (including phenoxy) is 1. The lowest BCUT2D eigenvalue weighted by Crippen LogP contribution is -2.41. The third-order valence-electron chi connectivity index (χ3n) is 5.85. The molecule has 2 atom stereocenters. The van der Waals surface area contributed by atoms with Crippen molar-refractivity contribution in [1.29, 1.82) is 0 Å². The summed E-state index contributed by atoms with van der Waals surface area (Å²) in [5.41, 5.74) is -1.19. The quantitative estimate of drug-likeness (QED) is 0.329. The Morgan fingerprint density at radius 2 is 1.73 bits per heavy atom. The summed E-state index contributed by atoms with van der Waals surface area (Å²) in [7, 11) is 1.05. The summed E-state index contributed by atoms with van der Waals surface area (Å²) in [6, 6.07) is 8.91. The maximum Gasteiger partial charge on any atom is 0.416 e. The van der Waals surface area contributed by atoms with Gasteiger partial charge in [-0.1, -0.05) is 42.0 Å². The Bertz CT molecular complexity index is 1430. The maximum atomic E-state index is 13.2. The molecule has 0 radical (unpaired) electrons. The Morgan fingerprint density at radius 3 is 2.32 bits per heavy atom. The number of aryl methyl sites for hydroxylation is 1. The van der Waals surface area contributed by atoms with E-state index < -0.39 is 67.4 Å². The first-order chi connectivity index (χ1) is 19.1. The minimum Gasteiger partial charge on any atom is -0.453 e. The van der Waals surface area contributed by atoms with Crippen LogP contribution in [0, 0.1) is 6.92 Å². The van der Waals surface area contributed by atoms with Crippen LogP contribution in [0.5, 0.6) is 0 Å². The first kappa shape index (κ1) is 31.2. The summed E-state index contributed by atoms with van der Waals surface area (Å²) in [5, 5.41) is 18.2. The number of hydrogen-bond acceptors (Lipinski definition) is 6. The van der Waals surface area contributed by atoms with Crippen LogP contribution in [0.2, 0.25) is 0 Å². The third-order valence-corrected chi connectivity index (χ3v) is 5.85. The molecule has 0 spiro atoms. The fourth-order valence-electron chi connectivity index (χ4n) is 3.72. The molecule has 1 aromatic heterocycles. The van der Waals surface area contributed by atoms with Crippen molar-refractivity contribution in [1.82, 2.24) is 25.0 Å². The standard InChI is InChI=1S/C25H25F6N5O5/c1-14-6-8-15(9-7-14)21-34-36(23(40)35(21)12-19(37)25(29,30)31)13-20(38)33-18(11-32-22(39)41-2)16-4-3-5-17(10-16)24(26,27)28/h3-10,18-19,37H,11-13H2,1-2H3,(H,32,39)(H,33,38)/t18?,19-/m0/s1. The van der Waals surface area contributed by atoms with Crippen molar-refractivity contribution in [2.24, 2.45) is 0 Å². The summed E-state index contributed by atoms with van der Waals surface area (Å²) in [6.45, 7) is -0.706. The molecule has 0 saturated heterocycles. The van der Waals surface area contributed by atoms with E-state index in [2.05, 4.69) is 20.5 Å². The van der Waals surface area contributed by atoms with Crippen LogP contribution in [0.3, 0.4) is 0 Å². The Morgan fingerprint density at radius 1 is 1.07 bits per heavy atom. The van der Waals surface area contributed by atoms with Gasteiger partial charge in [-0.15, -0.1) is 5.10 Å². The Hall–Kier alpha value is -4.34. The summed E-state index contributed by atoms with van der Waals surface area (Å²) in [4.78, 5) is 37.5. The van der Waals surface area contributed by atoms with Crippen LogP contribution >= 0.6 is 0 Å². The van der Waals surface area contributed by atoms with Gasteiger partial charge in [-0.25, -0.2) is 14.3 Å². The molecule has 16 heteroatoms. The Kier molecular flexibility index (Phi) is 9.47. The monoisotopic (exact) mass is 589 g/mol. The molecular formula is C25H25F6N5O5. The molecule has 2 aromatic carbocycles. The lowest BCUT2D eigenvalue weighted by Gasteiger charge is -2.20. The molecule has 0 aliphatic rings. The number of carbonyl (C=O) groups is 2. The van der Waals surface area contributed by atoms with E-state index in [0.717, 1.165) is 30.9 Å². The van der Waals surface area contributed by atoms with Crippen LogP contribution in [0.4, 0.5) is 31.1 Å². The fraction of sp³-hybridized carbons (Fsp3) is 0.360. The van der Waals surface area contributed by atoms with Crippen LogP contribution in [-0.2, 0) is 28.8 Å². The van der Waals surface area contributed by atoms with Crippen molar-refractivity contribution >= 4 is 12.0 Å². The molecule has 0 aliphatic carbocycles. The van der Waals surface area contributed by atoms with Gasteiger partial charge in [-0.2, -0.15) is 26.3 Å². The number of nitrogens with zero attached hydrogens (tertiary/aromatic N) is 3. The summed E-state index contributed by atoms with van der Waals surface area (Å²) >= 11 is 0. The maximum absolute atomic E-state index is 13.2. The van der Waals surface area contributed by atoms with E-state index in [-0.39, 0.29) is 17.0 Å². The number of alkyl halides is 6. The van der Waals surface area contributed by atoms with E-state index in [9.17, 15) is 45.8 Å². The lowest BCUT2D eigenvalue weighted by molar-refractivity contribution is -0.207. The number of methoxy groups -OCH3 is 1. The van der Waals surface area contributed by atoms with E-state index in [1.165, 1.54) is 18.2 Å². The fourth-order valence-corrected chi connectivity index (χ4v) is 3.72. The van der Waals surface area contributed by atoms with Crippen LogP contribution in [0.15, 0.2) is 53.3 Å². The van der Waals surface area contributed by atoms with Gasteiger partial charge in [0.05, 0.1) is 25.3 Å². The van der Waals surface area contributed by atoms with Crippen molar-refractivity contribution < 1.29 is 45.8 Å². The molecule has 0 fully saturated rings. The molecule has 3 rings (SSSR count). The normalized spacial score (nSPS) is 13.4. The number of amides is 2. The van der Waals surface area contributed by atoms with Gasteiger partial charge < -0.3 is 20.5 Å². The number of aliphatic hydroxyl groups excluding tert-OH is 1. The van der Waals surface area contributed by atoms with Crippen molar-refractivity contribution in [3.8, 4) is 11.4 Å². The second kappa shape index (κ2) is 12.4. The van der Waals surface area contributed by atoms with Gasteiger partial charge in [-0.05, 0) is 24.6 Å². The number of benzene rings is 2. The minimum absolute atomic E-state index is 0.0453. The van der Waals surface area contributed by atoms with E-state index >= 15 is 0 Å². The highest BCUT2D eigenvalue weighted by atomic mass is 19.4. The smallest absolute Gasteiger partial charge is 0.416 e. The highest BCUT2D eigenvalue weighted by molar-refractivity contribution is 5.76. The SMILES string of the molecule is COC(=O)NCC(NC(=O)Cn1nc(-c2ccc(C)cc2)n(C[C@H](O)C(F)(F)F)c1=O)c1cccc(C(F)(F)F)c1. The molecule has 222 valence electrons. The van der Waals surface area contributed by atoms with Gasteiger partial charge in [0.25, 0.3) is 0 Å². The molecule has 1 heterocycles. The molecule has 41 heavy (non-hydrogen) atoms. The average Bonchev–Trinajstić information content (AvgIpc) is 3.20. The zero-order valence-electron chi connectivity index (χ0n) is 21.6. The number of carbonyl (C=O) groups excluding carboxylic acids is 2. The zero-order valence-corrected chi connectivity index (χ0v) is 21.6. The van der Waals surface area contributed by atoms with Crippen molar-refractivity contribution in [2.45, 2.75) is 44.5 Å². The van der Waals surface area contributed by atoms with Gasteiger partial charge >= 0.3 is 24.1 Å². The third kappa shape index (κ3) is 8.09. The van der Waals surface area contributed by atoms with Gasteiger partial charge in [0.2, 0.25) is 5.91 Å².